The van der Waals surface area contributed by atoms with E-state index in [1.807, 2.05) is 0 Å². The van der Waals surface area contributed by atoms with Crippen LogP contribution in [0.15, 0.2) is 47.4 Å². The molecule has 5 nitrogen and oxygen atoms in total. The molecule has 122 valence electrons. The lowest BCUT2D eigenvalue weighted by atomic mass is 10.3. The second-order valence-corrected chi connectivity index (χ2v) is 7.49. The van der Waals surface area contributed by atoms with Gasteiger partial charge in [0.05, 0.1) is 20.6 Å². The molecule has 23 heavy (non-hydrogen) atoms. The van der Waals surface area contributed by atoms with E-state index in [0.29, 0.717) is 26.5 Å². The molecule has 0 radical (unpaired) electrons. The number of halogens is 2. The summed E-state index contributed by atoms with van der Waals surface area (Å²) in [5.74, 6) is 0. The summed E-state index contributed by atoms with van der Waals surface area (Å²) < 4.78 is 25.5. The van der Waals surface area contributed by atoms with E-state index in [-0.39, 0.29) is 4.90 Å². The quantitative estimate of drug-likeness (QED) is 0.695. The normalized spacial score (nSPS) is 11.1. The Bertz CT molecular complexity index is 824. The van der Waals surface area contributed by atoms with Crippen LogP contribution in [0.2, 0.25) is 10.0 Å². The maximum Gasteiger partial charge on any atom is 0.240 e. The number of nitrogens with one attached hydrogen (secondary N) is 3. The van der Waals surface area contributed by atoms with Gasteiger partial charge in [-0.2, -0.15) is 0 Å². The average molecular weight is 390 g/mol. The predicted molar refractivity (Wildman–Crippen MR) is 99.0 cm³/mol. The smallest absolute Gasteiger partial charge is 0.240 e. The van der Waals surface area contributed by atoms with E-state index in [4.69, 9.17) is 35.4 Å². The standard InChI is InChI=1S/C14H13Cl2N3O2S2/c1-17-23(20,21)10-7-5-9(6-8-10)18-14(22)19-12-4-2-3-11(15)13(12)16/h2-8,17H,1H3,(H2,18,19,22). The van der Waals surface area contributed by atoms with E-state index >= 15 is 0 Å². The largest absolute Gasteiger partial charge is 0.332 e. The van der Waals surface area contributed by atoms with Crippen molar-refractivity contribution in [3.8, 4) is 0 Å². The summed E-state index contributed by atoms with van der Waals surface area (Å²) in [6.45, 7) is 0. The zero-order chi connectivity index (χ0) is 17.0. The van der Waals surface area contributed by atoms with Gasteiger partial charge < -0.3 is 10.6 Å². The maximum absolute atomic E-state index is 11.6. The maximum atomic E-state index is 11.6. The monoisotopic (exact) mass is 389 g/mol. The molecule has 0 aliphatic rings. The second kappa shape index (κ2) is 7.46. The van der Waals surface area contributed by atoms with E-state index in [2.05, 4.69) is 15.4 Å². The molecule has 0 aliphatic heterocycles. The topological polar surface area (TPSA) is 70.2 Å². The van der Waals surface area contributed by atoms with Crippen molar-refractivity contribution < 1.29 is 8.42 Å². The van der Waals surface area contributed by atoms with Crippen molar-refractivity contribution in [2.75, 3.05) is 17.7 Å². The molecule has 0 saturated carbocycles. The van der Waals surface area contributed by atoms with Crippen LogP contribution in [0.25, 0.3) is 0 Å². The van der Waals surface area contributed by atoms with Crippen molar-refractivity contribution in [2.24, 2.45) is 0 Å². The molecule has 0 bridgehead atoms. The molecular formula is C14H13Cl2N3O2S2. The third-order valence-electron chi connectivity index (χ3n) is 2.89. The highest BCUT2D eigenvalue weighted by atomic mass is 35.5. The molecule has 0 saturated heterocycles. The molecule has 0 fully saturated rings. The number of anilines is 2. The molecule has 0 spiro atoms. The zero-order valence-electron chi connectivity index (χ0n) is 11.9. The number of hydrogen-bond donors (Lipinski definition) is 3. The lowest BCUT2D eigenvalue weighted by molar-refractivity contribution is 0.588. The van der Waals surface area contributed by atoms with Gasteiger partial charge in [0, 0.05) is 5.69 Å². The number of sulfonamides is 1. The Labute approximate surface area is 150 Å². The summed E-state index contributed by atoms with van der Waals surface area (Å²) >= 11 is 17.2. The summed E-state index contributed by atoms with van der Waals surface area (Å²) in [6.07, 6.45) is 0. The molecule has 2 rings (SSSR count). The number of rotatable bonds is 4. The van der Waals surface area contributed by atoms with E-state index in [1.165, 1.54) is 19.2 Å². The highest BCUT2D eigenvalue weighted by Crippen LogP contribution is 2.29. The van der Waals surface area contributed by atoms with Gasteiger partial charge in [-0.15, -0.1) is 0 Å². The first kappa shape index (κ1) is 18.0. The van der Waals surface area contributed by atoms with Gasteiger partial charge in [-0.05, 0) is 55.7 Å². The van der Waals surface area contributed by atoms with Crippen LogP contribution < -0.4 is 15.4 Å². The predicted octanol–water partition coefficient (Wildman–Crippen LogP) is 3.71. The van der Waals surface area contributed by atoms with Crippen LogP contribution in [0.4, 0.5) is 11.4 Å². The lowest BCUT2D eigenvalue weighted by Crippen LogP contribution is -2.20. The molecule has 0 aliphatic carbocycles. The third-order valence-corrected chi connectivity index (χ3v) is 5.34. The van der Waals surface area contributed by atoms with Crippen LogP contribution in [-0.2, 0) is 10.0 Å². The fourth-order valence-electron chi connectivity index (χ4n) is 1.72. The van der Waals surface area contributed by atoms with Crippen molar-refractivity contribution >= 4 is 61.9 Å². The molecule has 2 aromatic carbocycles. The van der Waals surface area contributed by atoms with Crippen molar-refractivity contribution in [1.29, 1.82) is 0 Å². The molecule has 0 aromatic heterocycles. The molecule has 0 amide bonds. The Morgan fingerprint density at radius 3 is 2.30 bits per heavy atom. The van der Waals surface area contributed by atoms with Crippen LogP contribution in [0.3, 0.4) is 0 Å². The molecule has 9 heteroatoms. The summed E-state index contributed by atoms with van der Waals surface area (Å²) in [4.78, 5) is 0.169. The SMILES string of the molecule is CNS(=O)(=O)c1ccc(NC(=S)Nc2cccc(Cl)c2Cl)cc1. The van der Waals surface area contributed by atoms with Crippen molar-refractivity contribution in [3.05, 3.63) is 52.5 Å². The van der Waals surface area contributed by atoms with Crippen LogP contribution in [0.1, 0.15) is 0 Å². The average Bonchev–Trinajstić information content (AvgIpc) is 2.52. The van der Waals surface area contributed by atoms with Gasteiger partial charge in [-0.25, -0.2) is 13.1 Å². The highest BCUT2D eigenvalue weighted by molar-refractivity contribution is 7.89. The summed E-state index contributed by atoms with van der Waals surface area (Å²) in [5, 5.41) is 6.96. The van der Waals surface area contributed by atoms with Gasteiger partial charge in [-0.1, -0.05) is 29.3 Å². The van der Waals surface area contributed by atoms with Gasteiger partial charge in [-0.3, -0.25) is 0 Å². The van der Waals surface area contributed by atoms with Gasteiger partial charge >= 0.3 is 0 Å². The number of benzene rings is 2. The van der Waals surface area contributed by atoms with Crippen LogP contribution in [0, 0.1) is 0 Å². The van der Waals surface area contributed by atoms with Crippen molar-refractivity contribution in [1.82, 2.24) is 4.72 Å². The van der Waals surface area contributed by atoms with E-state index in [0.717, 1.165) is 0 Å². The summed E-state index contributed by atoms with van der Waals surface area (Å²) in [5.41, 5.74) is 1.21. The molecule has 3 N–H and O–H groups in total. The highest BCUT2D eigenvalue weighted by Gasteiger charge is 2.11. The Balaban J connectivity index is 2.07. The first-order valence-electron chi connectivity index (χ1n) is 6.39. The molecular weight excluding hydrogens is 377 g/mol. The third kappa shape index (κ3) is 4.55. The van der Waals surface area contributed by atoms with Gasteiger partial charge in [0.1, 0.15) is 0 Å². The molecule has 0 atom stereocenters. The Morgan fingerprint density at radius 2 is 1.70 bits per heavy atom. The fraction of sp³-hybridized carbons (Fsp3) is 0.0714. The summed E-state index contributed by atoms with van der Waals surface area (Å²) in [7, 11) is -2.10. The van der Waals surface area contributed by atoms with Crippen molar-refractivity contribution in [2.45, 2.75) is 4.90 Å². The zero-order valence-corrected chi connectivity index (χ0v) is 15.1. The van der Waals surface area contributed by atoms with Gasteiger partial charge in [0.25, 0.3) is 0 Å². The minimum absolute atomic E-state index is 0.169. The molecule has 0 heterocycles. The lowest BCUT2D eigenvalue weighted by Gasteiger charge is -2.12. The van der Waals surface area contributed by atoms with Crippen LogP contribution in [-0.4, -0.2) is 20.6 Å². The number of hydrogen-bond acceptors (Lipinski definition) is 3. The van der Waals surface area contributed by atoms with Crippen LogP contribution in [0.5, 0.6) is 0 Å². The van der Waals surface area contributed by atoms with Crippen LogP contribution >= 0.6 is 35.4 Å². The number of thiocarbonyl (C=S) groups is 1. The fourth-order valence-corrected chi connectivity index (χ4v) is 3.03. The van der Waals surface area contributed by atoms with Crippen molar-refractivity contribution in [3.63, 3.8) is 0 Å². The Kier molecular flexibility index (Phi) is 5.83. The molecule has 0 unspecified atom stereocenters. The first-order chi connectivity index (χ1) is 10.8. The summed E-state index contributed by atoms with van der Waals surface area (Å²) in [6, 6.07) is 11.3. The van der Waals surface area contributed by atoms with Gasteiger partial charge in [0.15, 0.2) is 5.11 Å². The van der Waals surface area contributed by atoms with E-state index in [1.54, 1.807) is 30.3 Å². The minimum atomic E-state index is -3.46. The second-order valence-electron chi connectivity index (χ2n) is 4.41. The minimum Gasteiger partial charge on any atom is -0.332 e. The first-order valence-corrected chi connectivity index (χ1v) is 9.04. The molecule has 2 aromatic rings. The van der Waals surface area contributed by atoms with E-state index < -0.39 is 10.0 Å². The van der Waals surface area contributed by atoms with Gasteiger partial charge in [0.2, 0.25) is 10.0 Å². The Hall–Kier alpha value is -1.38. The Morgan fingerprint density at radius 1 is 1.04 bits per heavy atom. The van der Waals surface area contributed by atoms with E-state index in [9.17, 15) is 8.42 Å².